The van der Waals surface area contributed by atoms with Gasteiger partial charge < -0.3 is 25.2 Å². The van der Waals surface area contributed by atoms with Crippen molar-refractivity contribution >= 4 is 29.1 Å². The summed E-state index contributed by atoms with van der Waals surface area (Å²) in [5, 5.41) is 5.46. The van der Waals surface area contributed by atoms with Crippen molar-refractivity contribution in [1.29, 1.82) is 0 Å². The minimum Gasteiger partial charge on any atom is -0.477 e. The molecule has 2 aromatic carbocycles. The van der Waals surface area contributed by atoms with Crippen LogP contribution in [0.1, 0.15) is 12.5 Å². The fraction of sp³-hybridized carbons (Fsp3) is 0.348. The number of carbonyl (C=O) groups is 3. The van der Waals surface area contributed by atoms with Crippen molar-refractivity contribution in [3.8, 4) is 5.75 Å². The zero-order chi connectivity index (χ0) is 22.4. The number of nitrogens with one attached hydrogen (secondary N) is 2. The molecule has 1 heterocycles. The quantitative estimate of drug-likeness (QED) is 0.706. The second-order valence-electron chi connectivity index (χ2n) is 7.38. The van der Waals surface area contributed by atoms with Gasteiger partial charge in [0.25, 0.3) is 5.91 Å². The van der Waals surface area contributed by atoms with Gasteiger partial charge in [-0.1, -0.05) is 37.3 Å². The number of benzene rings is 2. The smallest absolute Gasteiger partial charge is 0.262 e. The van der Waals surface area contributed by atoms with Crippen LogP contribution in [0.15, 0.2) is 48.5 Å². The van der Waals surface area contributed by atoms with Crippen LogP contribution in [0.4, 0.5) is 11.4 Å². The van der Waals surface area contributed by atoms with Crippen LogP contribution in [0.3, 0.4) is 0 Å². The molecule has 0 aliphatic carbocycles. The van der Waals surface area contributed by atoms with E-state index in [0.29, 0.717) is 5.75 Å². The number of fused-ring (bicyclic) bond motifs is 1. The highest BCUT2D eigenvalue weighted by atomic mass is 16.5. The second kappa shape index (κ2) is 9.97. The van der Waals surface area contributed by atoms with Crippen LogP contribution >= 0.6 is 0 Å². The number of hydrogen-bond donors (Lipinski definition) is 2. The summed E-state index contributed by atoms with van der Waals surface area (Å²) >= 11 is 0. The van der Waals surface area contributed by atoms with Crippen molar-refractivity contribution in [2.45, 2.75) is 19.4 Å². The summed E-state index contributed by atoms with van der Waals surface area (Å²) in [6.07, 6.45) is 0.0839. The molecule has 1 aliphatic heterocycles. The Morgan fingerprint density at radius 2 is 1.84 bits per heavy atom. The van der Waals surface area contributed by atoms with Crippen LogP contribution in [-0.4, -0.2) is 62.5 Å². The van der Waals surface area contributed by atoms with E-state index in [1.54, 1.807) is 20.2 Å². The predicted molar refractivity (Wildman–Crippen MR) is 119 cm³/mol. The summed E-state index contributed by atoms with van der Waals surface area (Å²) < 4.78 is 5.77. The lowest BCUT2D eigenvalue weighted by atomic mass is 10.1. The summed E-state index contributed by atoms with van der Waals surface area (Å²) in [4.78, 5) is 40.6. The minimum absolute atomic E-state index is 0.0309. The number of ether oxygens (including phenoxy) is 1. The molecule has 0 spiro atoms. The van der Waals surface area contributed by atoms with E-state index < -0.39 is 6.10 Å². The first-order valence-electron chi connectivity index (χ1n) is 10.3. The molecular formula is C23H28N4O4. The molecule has 0 radical (unpaired) electrons. The van der Waals surface area contributed by atoms with E-state index in [9.17, 15) is 14.4 Å². The zero-order valence-corrected chi connectivity index (χ0v) is 18.1. The molecule has 0 aromatic heterocycles. The van der Waals surface area contributed by atoms with Gasteiger partial charge >= 0.3 is 0 Å². The van der Waals surface area contributed by atoms with E-state index in [-0.39, 0.29) is 37.4 Å². The van der Waals surface area contributed by atoms with Gasteiger partial charge in [-0.3, -0.25) is 14.4 Å². The van der Waals surface area contributed by atoms with E-state index in [4.69, 9.17) is 4.74 Å². The molecule has 164 valence electrons. The molecule has 2 aromatic rings. The van der Waals surface area contributed by atoms with Crippen molar-refractivity contribution in [1.82, 2.24) is 10.2 Å². The third kappa shape index (κ3) is 5.33. The van der Waals surface area contributed by atoms with Crippen molar-refractivity contribution in [2.75, 3.05) is 43.9 Å². The number of amides is 3. The van der Waals surface area contributed by atoms with E-state index in [0.717, 1.165) is 23.4 Å². The molecule has 1 aliphatic rings. The van der Waals surface area contributed by atoms with Crippen LogP contribution < -0.4 is 20.3 Å². The van der Waals surface area contributed by atoms with E-state index in [2.05, 4.69) is 10.6 Å². The van der Waals surface area contributed by atoms with Gasteiger partial charge in [0.1, 0.15) is 5.75 Å². The van der Waals surface area contributed by atoms with E-state index in [1.165, 1.54) is 4.90 Å². The average Bonchev–Trinajstić information content (AvgIpc) is 2.78. The van der Waals surface area contributed by atoms with Crippen molar-refractivity contribution in [3.63, 3.8) is 0 Å². The normalized spacial score (nSPS) is 14.8. The van der Waals surface area contributed by atoms with Crippen LogP contribution in [0.2, 0.25) is 0 Å². The Balaban J connectivity index is 1.64. The topological polar surface area (TPSA) is 91.0 Å². The Labute approximate surface area is 182 Å². The lowest BCUT2D eigenvalue weighted by Crippen LogP contribution is -2.51. The Bertz CT molecular complexity index is 962. The Hall–Kier alpha value is -3.55. The Kier molecular flexibility index (Phi) is 7.12. The predicted octanol–water partition coefficient (Wildman–Crippen LogP) is 1.66. The first-order chi connectivity index (χ1) is 14.9. The molecule has 2 N–H and O–H groups in total. The van der Waals surface area contributed by atoms with Gasteiger partial charge in [-0.05, 0) is 30.2 Å². The largest absolute Gasteiger partial charge is 0.477 e. The number of rotatable bonds is 7. The molecular weight excluding hydrogens is 396 g/mol. The molecule has 0 fully saturated rings. The van der Waals surface area contributed by atoms with Gasteiger partial charge in [-0.2, -0.15) is 0 Å². The number of likely N-dealkylation sites (N-methyl/N-ethyl adjacent to an activating group) is 2. The van der Waals surface area contributed by atoms with Gasteiger partial charge in [0.05, 0.1) is 25.3 Å². The fourth-order valence-corrected chi connectivity index (χ4v) is 3.48. The summed E-state index contributed by atoms with van der Waals surface area (Å²) in [7, 11) is 3.14. The maximum Gasteiger partial charge on any atom is 0.262 e. The van der Waals surface area contributed by atoms with Gasteiger partial charge in [-0.15, -0.1) is 0 Å². The summed E-state index contributed by atoms with van der Waals surface area (Å²) in [5.41, 5.74) is 2.53. The molecule has 8 heteroatoms. The standard InChI is InChI=1S/C23H28N4O4/c1-4-16-9-5-6-10-17(16)25-21(28)14-26(3)22(29)15-27-13-20(23(30)24-2)31-19-12-8-7-11-18(19)27/h5-12,20H,4,13-15H2,1-3H3,(H,24,30)(H,25,28)/t20-/m0/s1. The monoisotopic (exact) mass is 424 g/mol. The first kappa shape index (κ1) is 22.1. The highest BCUT2D eigenvalue weighted by molar-refractivity contribution is 5.95. The number of hydrogen-bond acceptors (Lipinski definition) is 5. The van der Waals surface area contributed by atoms with Gasteiger partial charge in [0.2, 0.25) is 11.8 Å². The molecule has 3 amide bonds. The Morgan fingerprint density at radius 3 is 2.58 bits per heavy atom. The minimum atomic E-state index is -0.716. The lowest BCUT2D eigenvalue weighted by Gasteiger charge is -2.35. The average molecular weight is 425 g/mol. The summed E-state index contributed by atoms with van der Waals surface area (Å²) in [5.74, 6) is -0.199. The summed E-state index contributed by atoms with van der Waals surface area (Å²) in [6, 6.07) is 14.9. The lowest BCUT2D eigenvalue weighted by molar-refractivity contribution is -0.132. The van der Waals surface area contributed by atoms with Crippen molar-refractivity contribution in [3.05, 3.63) is 54.1 Å². The number of para-hydroxylation sites is 3. The van der Waals surface area contributed by atoms with Gasteiger partial charge in [0, 0.05) is 19.8 Å². The highest BCUT2D eigenvalue weighted by Crippen LogP contribution is 2.33. The molecule has 0 saturated carbocycles. The number of aryl methyl sites for hydroxylation is 1. The summed E-state index contributed by atoms with van der Waals surface area (Å²) in [6.45, 7) is 2.23. The first-order valence-corrected chi connectivity index (χ1v) is 10.3. The van der Waals surface area contributed by atoms with Crippen LogP contribution in [0.25, 0.3) is 0 Å². The maximum absolute atomic E-state index is 12.8. The fourth-order valence-electron chi connectivity index (χ4n) is 3.48. The molecule has 0 bridgehead atoms. The van der Waals surface area contributed by atoms with Crippen LogP contribution in [0.5, 0.6) is 5.75 Å². The van der Waals surface area contributed by atoms with E-state index >= 15 is 0 Å². The Morgan fingerprint density at radius 1 is 1.13 bits per heavy atom. The van der Waals surface area contributed by atoms with Crippen LogP contribution in [-0.2, 0) is 20.8 Å². The third-order valence-electron chi connectivity index (χ3n) is 5.21. The third-order valence-corrected chi connectivity index (χ3v) is 5.21. The van der Waals surface area contributed by atoms with Crippen LogP contribution in [0, 0.1) is 0 Å². The van der Waals surface area contributed by atoms with Crippen molar-refractivity contribution in [2.24, 2.45) is 0 Å². The number of anilines is 2. The zero-order valence-electron chi connectivity index (χ0n) is 18.1. The molecule has 3 rings (SSSR count). The maximum atomic E-state index is 12.8. The molecule has 8 nitrogen and oxygen atoms in total. The van der Waals surface area contributed by atoms with Crippen molar-refractivity contribution < 1.29 is 19.1 Å². The SMILES string of the molecule is CCc1ccccc1NC(=O)CN(C)C(=O)CN1C[C@@H](C(=O)NC)Oc2ccccc21. The number of carbonyl (C=O) groups excluding carboxylic acids is 3. The molecule has 1 atom stereocenters. The van der Waals surface area contributed by atoms with Gasteiger partial charge in [0.15, 0.2) is 6.10 Å². The second-order valence-corrected chi connectivity index (χ2v) is 7.38. The van der Waals surface area contributed by atoms with Gasteiger partial charge in [-0.25, -0.2) is 0 Å². The van der Waals surface area contributed by atoms with E-state index in [1.807, 2.05) is 54.3 Å². The highest BCUT2D eigenvalue weighted by Gasteiger charge is 2.31. The molecule has 0 saturated heterocycles. The molecule has 31 heavy (non-hydrogen) atoms. The molecule has 0 unspecified atom stereocenters. The number of nitrogens with zero attached hydrogens (tertiary/aromatic N) is 2.